The van der Waals surface area contributed by atoms with Gasteiger partial charge in [0.2, 0.25) is 0 Å². The molecule has 2 rings (SSSR count). The van der Waals surface area contributed by atoms with E-state index < -0.39 is 0 Å². The Balaban J connectivity index is 2.21. The van der Waals surface area contributed by atoms with Crippen molar-refractivity contribution in [2.75, 3.05) is 6.54 Å². The molecule has 0 radical (unpaired) electrons. The van der Waals surface area contributed by atoms with Gasteiger partial charge < -0.3 is 5.32 Å². The minimum Gasteiger partial charge on any atom is -0.310 e. The molecular formula is C18H28ClN. The van der Waals surface area contributed by atoms with E-state index in [4.69, 9.17) is 11.6 Å². The van der Waals surface area contributed by atoms with Gasteiger partial charge in [-0.1, -0.05) is 63.3 Å². The lowest BCUT2D eigenvalue weighted by molar-refractivity contribution is 0.175. The predicted octanol–water partition coefficient (Wildman–Crippen LogP) is 5.60. The Hall–Kier alpha value is -0.530. The minimum atomic E-state index is 0.471. The van der Waals surface area contributed by atoms with Gasteiger partial charge in [0.05, 0.1) is 0 Å². The molecule has 1 aromatic rings. The summed E-state index contributed by atoms with van der Waals surface area (Å²) >= 11 is 6.20. The van der Waals surface area contributed by atoms with E-state index in [1.807, 2.05) is 6.07 Å². The summed E-state index contributed by atoms with van der Waals surface area (Å²) in [6, 6.07) is 8.91. The first-order valence-electron chi connectivity index (χ1n) is 8.25. The van der Waals surface area contributed by atoms with Crippen LogP contribution in [0.15, 0.2) is 24.3 Å². The summed E-state index contributed by atoms with van der Waals surface area (Å²) in [5, 5.41) is 4.64. The Kier molecular flexibility index (Phi) is 6.38. The summed E-state index contributed by atoms with van der Waals surface area (Å²) in [4.78, 5) is 0. The molecule has 20 heavy (non-hydrogen) atoms. The zero-order valence-electron chi connectivity index (χ0n) is 12.9. The van der Waals surface area contributed by atoms with Crippen LogP contribution >= 0.6 is 11.6 Å². The van der Waals surface area contributed by atoms with Gasteiger partial charge in [-0.2, -0.15) is 0 Å². The van der Waals surface area contributed by atoms with E-state index in [0.29, 0.717) is 6.04 Å². The van der Waals surface area contributed by atoms with Gasteiger partial charge in [0.1, 0.15) is 0 Å². The molecule has 1 aliphatic carbocycles. The van der Waals surface area contributed by atoms with Crippen LogP contribution in [0.5, 0.6) is 0 Å². The maximum absolute atomic E-state index is 6.20. The fraction of sp³-hybridized carbons (Fsp3) is 0.667. The second kappa shape index (κ2) is 8.05. The molecule has 1 N–H and O–H groups in total. The molecule has 1 aromatic carbocycles. The highest BCUT2D eigenvalue weighted by Gasteiger charge is 2.31. The van der Waals surface area contributed by atoms with Gasteiger partial charge in [-0.25, -0.2) is 0 Å². The third-order valence-electron chi connectivity index (χ3n) is 4.74. The normalized spacial score (nSPS) is 24.6. The lowest BCUT2D eigenvalue weighted by atomic mass is 9.72. The average molecular weight is 294 g/mol. The summed E-state index contributed by atoms with van der Waals surface area (Å²) in [5.41, 5.74) is 1.37. The number of rotatable bonds is 6. The third kappa shape index (κ3) is 3.99. The summed E-state index contributed by atoms with van der Waals surface area (Å²) in [6.07, 6.45) is 8.02. The van der Waals surface area contributed by atoms with Crippen molar-refractivity contribution < 1.29 is 0 Å². The molecule has 1 nitrogen and oxygen atoms in total. The van der Waals surface area contributed by atoms with Crippen LogP contribution in [-0.2, 0) is 0 Å². The molecular weight excluding hydrogens is 266 g/mol. The lowest BCUT2D eigenvalue weighted by Gasteiger charge is -2.38. The molecule has 0 aliphatic heterocycles. The second-order valence-corrected chi connectivity index (χ2v) is 6.54. The van der Waals surface area contributed by atoms with Crippen LogP contribution in [-0.4, -0.2) is 6.54 Å². The lowest BCUT2D eigenvalue weighted by Crippen LogP contribution is -2.34. The molecule has 1 saturated carbocycles. The number of benzene rings is 1. The standard InChI is InChI=1S/C18H28ClN/c1-3-12-20-18(15-9-7-10-16(19)13-15)17-11-6-5-8-14(17)4-2/h7,9-10,13-14,17-18,20H,3-6,8,11-12H2,1-2H3. The van der Waals surface area contributed by atoms with E-state index in [1.54, 1.807) is 0 Å². The highest BCUT2D eigenvalue weighted by atomic mass is 35.5. The van der Waals surface area contributed by atoms with E-state index >= 15 is 0 Å². The van der Waals surface area contributed by atoms with Gasteiger partial charge in [0.25, 0.3) is 0 Å². The number of halogens is 1. The van der Waals surface area contributed by atoms with Crippen molar-refractivity contribution in [3.8, 4) is 0 Å². The first-order valence-corrected chi connectivity index (χ1v) is 8.62. The van der Waals surface area contributed by atoms with Crippen molar-refractivity contribution in [2.24, 2.45) is 11.8 Å². The van der Waals surface area contributed by atoms with Crippen molar-refractivity contribution in [1.29, 1.82) is 0 Å². The van der Waals surface area contributed by atoms with Gasteiger partial charge in [-0.15, -0.1) is 0 Å². The van der Waals surface area contributed by atoms with Crippen LogP contribution in [0.4, 0.5) is 0 Å². The summed E-state index contributed by atoms with van der Waals surface area (Å²) < 4.78 is 0. The van der Waals surface area contributed by atoms with Crippen molar-refractivity contribution in [1.82, 2.24) is 5.32 Å². The van der Waals surface area contributed by atoms with Gasteiger partial charge in [-0.05, 0) is 48.9 Å². The highest BCUT2D eigenvalue weighted by molar-refractivity contribution is 6.30. The van der Waals surface area contributed by atoms with Crippen LogP contribution in [0.3, 0.4) is 0 Å². The first-order chi connectivity index (χ1) is 9.76. The SMILES string of the molecule is CCCNC(c1cccc(Cl)c1)C1CCCCC1CC. The van der Waals surface area contributed by atoms with Crippen LogP contribution in [0, 0.1) is 11.8 Å². The highest BCUT2D eigenvalue weighted by Crippen LogP contribution is 2.40. The molecule has 0 heterocycles. The monoisotopic (exact) mass is 293 g/mol. The molecule has 112 valence electrons. The molecule has 0 saturated heterocycles. The first kappa shape index (κ1) is 15.9. The predicted molar refractivity (Wildman–Crippen MR) is 88.2 cm³/mol. The summed E-state index contributed by atoms with van der Waals surface area (Å²) in [6.45, 7) is 5.67. The van der Waals surface area contributed by atoms with Gasteiger partial charge >= 0.3 is 0 Å². The Bertz CT molecular complexity index is 404. The zero-order chi connectivity index (χ0) is 14.4. The van der Waals surface area contributed by atoms with E-state index in [9.17, 15) is 0 Å². The fourth-order valence-corrected chi connectivity index (χ4v) is 3.90. The van der Waals surface area contributed by atoms with Gasteiger partial charge in [0, 0.05) is 11.1 Å². The second-order valence-electron chi connectivity index (χ2n) is 6.10. The van der Waals surface area contributed by atoms with Crippen LogP contribution in [0.1, 0.15) is 64.0 Å². The largest absolute Gasteiger partial charge is 0.310 e. The summed E-state index contributed by atoms with van der Waals surface area (Å²) in [7, 11) is 0. The molecule has 1 fully saturated rings. The molecule has 3 atom stereocenters. The Morgan fingerprint density at radius 3 is 2.75 bits per heavy atom. The number of hydrogen-bond donors (Lipinski definition) is 1. The van der Waals surface area contributed by atoms with Gasteiger partial charge in [-0.3, -0.25) is 0 Å². The Morgan fingerprint density at radius 2 is 2.05 bits per heavy atom. The van der Waals surface area contributed by atoms with Crippen LogP contribution < -0.4 is 5.32 Å². The van der Waals surface area contributed by atoms with Crippen molar-refractivity contribution in [2.45, 2.75) is 58.4 Å². The molecule has 0 amide bonds. The maximum atomic E-state index is 6.20. The smallest absolute Gasteiger partial charge is 0.0409 e. The Labute approximate surface area is 129 Å². The van der Waals surface area contributed by atoms with E-state index in [0.717, 1.165) is 23.4 Å². The van der Waals surface area contributed by atoms with Gasteiger partial charge in [0.15, 0.2) is 0 Å². The van der Waals surface area contributed by atoms with E-state index in [1.165, 1.54) is 44.1 Å². The van der Waals surface area contributed by atoms with Crippen molar-refractivity contribution in [3.05, 3.63) is 34.9 Å². The van der Waals surface area contributed by atoms with Crippen LogP contribution in [0.2, 0.25) is 5.02 Å². The molecule has 2 heteroatoms. The van der Waals surface area contributed by atoms with Crippen molar-refractivity contribution in [3.63, 3.8) is 0 Å². The Morgan fingerprint density at radius 1 is 1.25 bits per heavy atom. The number of hydrogen-bond acceptors (Lipinski definition) is 1. The minimum absolute atomic E-state index is 0.471. The summed E-state index contributed by atoms with van der Waals surface area (Å²) in [5.74, 6) is 1.62. The van der Waals surface area contributed by atoms with Crippen LogP contribution in [0.25, 0.3) is 0 Å². The quantitative estimate of drug-likeness (QED) is 0.720. The van der Waals surface area contributed by atoms with E-state index in [-0.39, 0.29) is 0 Å². The molecule has 0 spiro atoms. The topological polar surface area (TPSA) is 12.0 Å². The molecule has 0 aromatic heterocycles. The third-order valence-corrected chi connectivity index (χ3v) is 4.98. The maximum Gasteiger partial charge on any atom is 0.0409 e. The molecule has 3 unspecified atom stereocenters. The molecule has 0 bridgehead atoms. The fourth-order valence-electron chi connectivity index (χ4n) is 3.70. The number of nitrogens with one attached hydrogen (secondary N) is 1. The average Bonchev–Trinajstić information content (AvgIpc) is 2.48. The van der Waals surface area contributed by atoms with E-state index in [2.05, 4.69) is 37.4 Å². The zero-order valence-corrected chi connectivity index (χ0v) is 13.6. The molecule has 1 aliphatic rings. The van der Waals surface area contributed by atoms with Crippen molar-refractivity contribution >= 4 is 11.6 Å².